The maximum atomic E-state index is 10.4. The van der Waals surface area contributed by atoms with Gasteiger partial charge in [0.1, 0.15) is 16.7 Å². The third-order valence-electron chi connectivity index (χ3n) is 8.51. The van der Waals surface area contributed by atoms with Gasteiger partial charge in [0.2, 0.25) is 5.51 Å². The van der Waals surface area contributed by atoms with Crippen molar-refractivity contribution in [3.8, 4) is 0 Å². The first-order valence-corrected chi connectivity index (χ1v) is 20.4. The van der Waals surface area contributed by atoms with Crippen LogP contribution in [0.25, 0.3) is 0 Å². The average Bonchev–Trinajstić information content (AvgIpc) is 3.73. The predicted molar refractivity (Wildman–Crippen MR) is 187 cm³/mol. The second-order valence-electron chi connectivity index (χ2n) is 12.9. The first kappa shape index (κ1) is 40.8. The highest BCUT2D eigenvalue weighted by Crippen LogP contribution is 2.21. The molecule has 1 aromatic carbocycles. The Labute approximate surface area is 285 Å². The molecule has 0 N–H and O–H groups in total. The largest absolute Gasteiger partial charge is 0.744 e. The fourth-order valence-corrected chi connectivity index (χ4v) is 6.74. The highest BCUT2D eigenvalue weighted by Gasteiger charge is 2.25. The van der Waals surface area contributed by atoms with Crippen molar-refractivity contribution in [2.24, 2.45) is 5.92 Å². The van der Waals surface area contributed by atoms with E-state index in [0.717, 1.165) is 51.6 Å². The zero-order valence-electron chi connectivity index (χ0n) is 28.9. The molecule has 2 aromatic rings. The maximum absolute atomic E-state index is 10.4. The number of aromatic nitrogens is 1. The standard InChI is InChI=1S/C30H56NO3S.C7H8O3S/c1-2-3-4-5-6-7-8-9-10-11-14-17-21-32-25-29-24-30(34-26-29)27-33-22-18-15-12-13-16-19-31-20-23-35-28-31;1-6-2-4-7(5-3-6)11(8,9)10/h20,23,28-30H,2-19,21-22,24-27H2,1H3;2-5H,1H3,(H,8,9,10)/q+1;/p-1/t29-,30+;/m1./s1. The Morgan fingerprint density at radius 3 is 1.89 bits per heavy atom. The molecule has 0 radical (unpaired) electrons. The van der Waals surface area contributed by atoms with Crippen LogP contribution in [0.3, 0.4) is 0 Å². The van der Waals surface area contributed by atoms with E-state index in [-0.39, 0.29) is 11.0 Å². The number of hydrogen-bond acceptors (Lipinski definition) is 7. The normalized spacial score (nSPS) is 16.4. The summed E-state index contributed by atoms with van der Waals surface area (Å²) >= 11 is 1.77. The Kier molecular flexibility index (Phi) is 23.6. The molecule has 1 aromatic heterocycles. The van der Waals surface area contributed by atoms with Gasteiger partial charge in [-0.2, -0.15) is 4.57 Å². The van der Waals surface area contributed by atoms with Crippen molar-refractivity contribution in [2.45, 2.75) is 147 Å². The topological polar surface area (TPSA) is 88.8 Å². The molecular formula is C37H63NO6S2. The van der Waals surface area contributed by atoms with Crippen LogP contribution in [0, 0.1) is 12.8 Å². The summed E-state index contributed by atoms with van der Waals surface area (Å²) in [5.41, 5.74) is 3.12. The maximum Gasteiger partial charge on any atom is 0.224 e. The van der Waals surface area contributed by atoms with E-state index in [1.54, 1.807) is 23.5 Å². The molecule has 1 aliphatic rings. The van der Waals surface area contributed by atoms with Gasteiger partial charge in [-0.15, -0.1) is 0 Å². The van der Waals surface area contributed by atoms with Gasteiger partial charge in [0.15, 0.2) is 6.20 Å². The number of rotatable bonds is 26. The van der Waals surface area contributed by atoms with Gasteiger partial charge in [-0.05, 0) is 44.7 Å². The van der Waals surface area contributed by atoms with Crippen LogP contribution in [0.1, 0.15) is 128 Å². The lowest BCUT2D eigenvalue weighted by atomic mass is 10.1. The molecule has 1 fully saturated rings. The molecule has 0 saturated carbocycles. The van der Waals surface area contributed by atoms with Gasteiger partial charge in [-0.3, -0.25) is 0 Å². The van der Waals surface area contributed by atoms with Crippen LogP contribution >= 0.6 is 11.3 Å². The Morgan fingerprint density at radius 1 is 0.804 bits per heavy atom. The first-order chi connectivity index (χ1) is 22.4. The fraction of sp³-hybridized carbons (Fsp3) is 0.757. The molecule has 7 nitrogen and oxygen atoms in total. The van der Waals surface area contributed by atoms with Gasteiger partial charge in [0.05, 0.1) is 36.2 Å². The summed E-state index contributed by atoms with van der Waals surface area (Å²) in [6, 6.07) is 5.78. The number of thiazole rings is 1. The van der Waals surface area contributed by atoms with E-state index in [2.05, 4.69) is 28.6 Å². The number of aryl methyl sites for hydroxylation is 2. The SMILES string of the molecule is CCCCCCCCCCCCCCOC[C@@H]1CO[C@H](COCCCCCCC[n+]2ccsc2)C1.Cc1ccc(S(=O)(=O)[O-])cc1. The molecule has 0 spiro atoms. The average molecular weight is 682 g/mol. The van der Waals surface area contributed by atoms with Gasteiger partial charge in [-0.1, -0.05) is 119 Å². The Balaban J connectivity index is 0.000000562. The minimum Gasteiger partial charge on any atom is -0.744 e. The van der Waals surface area contributed by atoms with E-state index in [0.29, 0.717) is 5.92 Å². The summed E-state index contributed by atoms with van der Waals surface area (Å²) < 4.78 is 51.2. The van der Waals surface area contributed by atoms with Gasteiger partial charge in [0.25, 0.3) is 0 Å². The fourth-order valence-electron chi connectivity index (χ4n) is 5.64. The van der Waals surface area contributed by atoms with E-state index in [1.807, 2.05) is 6.92 Å². The Bertz CT molecular complexity index is 1060. The van der Waals surface area contributed by atoms with Crippen LogP contribution in [0.15, 0.2) is 46.2 Å². The van der Waals surface area contributed by atoms with Crippen LogP contribution in [0.2, 0.25) is 0 Å². The third kappa shape index (κ3) is 21.5. The molecule has 1 aliphatic heterocycles. The van der Waals surface area contributed by atoms with Crippen LogP contribution in [0.5, 0.6) is 0 Å². The minimum atomic E-state index is -4.27. The monoisotopic (exact) mass is 681 g/mol. The van der Waals surface area contributed by atoms with E-state index in [1.165, 1.54) is 121 Å². The minimum absolute atomic E-state index is 0.178. The van der Waals surface area contributed by atoms with Crippen LogP contribution < -0.4 is 4.57 Å². The van der Waals surface area contributed by atoms with Crippen molar-refractivity contribution in [3.05, 3.63) is 46.9 Å². The summed E-state index contributed by atoms with van der Waals surface area (Å²) in [5.74, 6) is 0.557. The molecule has 264 valence electrons. The first-order valence-electron chi connectivity index (χ1n) is 18.1. The zero-order valence-corrected chi connectivity index (χ0v) is 30.5. The van der Waals surface area contributed by atoms with Crippen LogP contribution in [-0.4, -0.2) is 52.1 Å². The van der Waals surface area contributed by atoms with Gasteiger partial charge in [0, 0.05) is 25.6 Å². The lowest BCUT2D eigenvalue weighted by Crippen LogP contribution is -2.29. The number of ether oxygens (including phenoxy) is 3. The van der Waals surface area contributed by atoms with E-state index in [9.17, 15) is 13.0 Å². The second kappa shape index (κ2) is 26.6. The predicted octanol–water partition coefficient (Wildman–Crippen LogP) is 9.02. The van der Waals surface area contributed by atoms with E-state index >= 15 is 0 Å². The summed E-state index contributed by atoms with van der Waals surface area (Å²) in [7, 11) is -4.27. The summed E-state index contributed by atoms with van der Waals surface area (Å²) in [4.78, 5) is -0.178. The zero-order chi connectivity index (χ0) is 33.1. The Hall–Kier alpha value is -1.36. The van der Waals surface area contributed by atoms with Crippen LogP contribution in [-0.2, 0) is 30.9 Å². The summed E-state index contributed by atoms with van der Waals surface area (Å²) in [6.07, 6.45) is 26.6. The van der Waals surface area contributed by atoms with Crippen molar-refractivity contribution in [2.75, 3.05) is 33.0 Å². The van der Waals surface area contributed by atoms with Crippen molar-refractivity contribution < 1.29 is 31.7 Å². The molecule has 1 saturated heterocycles. The smallest absolute Gasteiger partial charge is 0.224 e. The second-order valence-corrected chi connectivity index (χ2v) is 15.0. The van der Waals surface area contributed by atoms with E-state index < -0.39 is 10.1 Å². The van der Waals surface area contributed by atoms with Crippen molar-refractivity contribution in [1.82, 2.24) is 0 Å². The highest BCUT2D eigenvalue weighted by atomic mass is 32.2. The Morgan fingerprint density at radius 2 is 1.35 bits per heavy atom. The molecule has 2 atom stereocenters. The van der Waals surface area contributed by atoms with Crippen molar-refractivity contribution in [1.29, 1.82) is 0 Å². The molecule has 0 aliphatic carbocycles. The molecule has 0 bridgehead atoms. The summed E-state index contributed by atoms with van der Waals surface area (Å²) in [6.45, 7) is 9.51. The number of nitrogens with zero attached hydrogens (tertiary/aromatic N) is 1. The van der Waals surface area contributed by atoms with Crippen molar-refractivity contribution >= 4 is 21.5 Å². The van der Waals surface area contributed by atoms with Gasteiger partial charge < -0.3 is 18.8 Å². The van der Waals surface area contributed by atoms with Gasteiger partial charge >= 0.3 is 0 Å². The number of hydrogen-bond donors (Lipinski definition) is 0. The molecule has 0 amide bonds. The van der Waals surface area contributed by atoms with Crippen molar-refractivity contribution in [3.63, 3.8) is 0 Å². The molecule has 9 heteroatoms. The van der Waals surface area contributed by atoms with Gasteiger partial charge in [-0.25, -0.2) is 8.42 Å². The number of unbranched alkanes of at least 4 members (excludes halogenated alkanes) is 15. The molecule has 46 heavy (non-hydrogen) atoms. The van der Waals surface area contributed by atoms with E-state index in [4.69, 9.17) is 14.2 Å². The lowest BCUT2D eigenvalue weighted by molar-refractivity contribution is -0.692. The molecule has 0 unspecified atom stereocenters. The van der Waals surface area contributed by atoms with Crippen LogP contribution in [0.4, 0.5) is 0 Å². The third-order valence-corrected chi connectivity index (χ3v) is 10.0. The summed E-state index contributed by atoms with van der Waals surface area (Å²) in [5, 5.41) is 2.14. The quantitative estimate of drug-likeness (QED) is 0.0559. The molecule has 3 rings (SSSR count). The molecule has 2 heterocycles. The highest BCUT2D eigenvalue weighted by molar-refractivity contribution is 7.85. The molecular weight excluding hydrogens is 619 g/mol. The lowest BCUT2D eigenvalue weighted by Gasteiger charge is -2.11. The number of benzene rings is 1.